The van der Waals surface area contributed by atoms with E-state index < -0.39 is 0 Å². The highest BCUT2D eigenvalue weighted by molar-refractivity contribution is 5.31. The van der Waals surface area contributed by atoms with E-state index in [9.17, 15) is 0 Å². The second-order valence-electron chi connectivity index (χ2n) is 3.49. The first-order valence-electron chi connectivity index (χ1n) is 4.74. The highest BCUT2D eigenvalue weighted by Crippen LogP contribution is 2.24. The third kappa shape index (κ3) is 2.44. The SMILES string of the molecule is CCOc1ncc(C)cc1C(C)C. The van der Waals surface area contributed by atoms with E-state index >= 15 is 0 Å². The van der Waals surface area contributed by atoms with Crippen molar-refractivity contribution in [1.29, 1.82) is 0 Å². The molecule has 0 spiro atoms. The van der Waals surface area contributed by atoms with Crippen LogP contribution in [0.4, 0.5) is 0 Å². The Morgan fingerprint density at radius 2 is 2.15 bits per heavy atom. The predicted octanol–water partition coefficient (Wildman–Crippen LogP) is 2.91. The molecular weight excluding hydrogens is 162 g/mol. The molecule has 0 aliphatic rings. The van der Waals surface area contributed by atoms with Crippen LogP contribution in [0.5, 0.6) is 5.88 Å². The van der Waals surface area contributed by atoms with Gasteiger partial charge in [-0.15, -0.1) is 0 Å². The Balaban J connectivity index is 3.03. The van der Waals surface area contributed by atoms with Crippen LogP contribution in [0.1, 0.15) is 37.8 Å². The zero-order valence-electron chi connectivity index (χ0n) is 8.79. The van der Waals surface area contributed by atoms with E-state index in [-0.39, 0.29) is 0 Å². The molecule has 0 atom stereocenters. The summed E-state index contributed by atoms with van der Waals surface area (Å²) >= 11 is 0. The van der Waals surface area contributed by atoms with Gasteiger partial charge in [0.15, 0.2) is 0 Å². The minimum Gasteiger partial charge on any atom is -0.478 e. The minimum atomic E-state index is 0.467. The van der Waals surface area contributed by atoms with Crippen molar-refractivity contribution in [3.63, 3.8) is 0 Å². The molecule has 0 radical (unpaired) electrons. The van der Waals surface area contributed by atoms with E-state index in [1.54, 1.807) is 0 Å². The Morgan fingerprint density at radius 3 is 2.69 bits per heavy atom. The molecule has 2 nitrogen and oxygen atoms in total. The Hall–Kier alpha value is -1.05. The number of pyridine rings is 1. The molecule has 1 rings (SSSR count). The van der Waals surface area contributed by atoms with Gasteiger partial charge in [0.05, 0.1) is 6.61 Å². The normalized spacial score (nSPS) is 10.5. The van der Waals surface area contributed by atoms with Crippen LogP contribution in [0.25, 0.3) is 0 Å². The highest BCUT2D eigenvalue weighted by atomic mass is 16.5. The molecule has 0 amide bonds. The van der Waals surface area contributed by atoms with Crippen molar-refractivity contribution in [2.75, 3.05) is 6.61 Å². The molecule has 0 aliphatic carbocycles. The van der Waals surface area contributed by atoms with E-state index in [0.29, 0.717) is 12.5 Å². The van der Waals surface area contributed by atoms with Gasteiger partial charge in [-0.1, -0.05) is 13.8 Å². The Kier molecular flexibility index (Phi) is 3.29. The first kappa shape index (κ1) is 10.0. The van der Waals surface area contributed by atoms with Gasteiger partial charge >= 0.3 is 0 Å². The van der Waals surface area contributed by atoms with Crippen molar-refractivity contribution in [3.8, 4) is 5.88 Å². The van der Waals surface area contributed by atoms with Gasteiger partial charge in [0.25, 0.3) is 0 Å². The van der Waals surface area contributed by atoms with E-state index in [2.05, 4.69) is 31.8 Å². The molecule has 2 heteroatoms. The van der Waals surface area contributed by atoms with Crippen molar-refractivity contribution >= 4 is 0 Å². The second-order valence-corrected chi connectivity index (χ2v) is 3.49. The predicted molar refractivity (Wildman–Crippen MR) is 54.2 cm³/mol. The number of nitrogens with zero attached hydrogens (tertiary/aromatic N) is 1. The monoisotopic (exact) mass is 179 g/mol. The van der Waals surface area contributed by atoms with Gasteiger partial charge in [0, 0.05) is 11.8 Å². The molecule has 72 valence electrons. The summed E-state index contributed by atoms with van der Waals surface area (Å²) in [6.45, 7) is 9.01. The fourth-order valence-corrected chi connectivity index (χ4v) is 1.25. The van der Waals surface area contributed by atoms with Gasteiger partial charge in [0.1, 0.15) is 0 Å². The van der Waals surface area contributed by atoms with Gasteiger partial charge in [-0.3, -0.25) is 0 Å². The molecule has 1 aromatic heterocycles. The zero-order valence-corrected chi connectivity index (χ0v) is 8.79. The summed E-state index contributed by atoms with van der Waals surface area (Å²) in [5.74, 6) is 1.25. The van der Waals surface area contributed by atoms with Crippen molar-refractivity contribution in [2.24, 2.45) is 0 Å². The van der Waals surface area contributed by atoms with Gasteiger partial charge < -0.3 is 4.74 Å². The van der Waals surface area contributed by atoms with Crippen LogP contribution in [0.15, 0.2) is 12.3 Å². The molecule has 0 saturated carbocycles. The lowest BCUT2D eigenvalue weighted by atomic mass is 10.0. The molecule has 0 aromatic carbocycles. The van der Waals surface area contributed by atoms with Gasteiger partial charge in [-0.05, 0) is 31.4 Å². The minimum absolute atomic E-state index is 0.467. The Bertz CT molecular complexity index is 281. The first-order valence-corrected chi connectivity index (χ1v) is 4.74. The van der Waals surface area contributed by atoms with Gasteiger partial charge in [-0.2, -0.15) is 0 Å². The largest absolute Gasteiger partial charge is 0.478 e. The highest BCUT2D eigenvalue weighted by Gasteiger charge is 2.08. The summed E-state index contributed by atoms with van der Waals surface area (Å²) < 4.78 is 5.44. The van der Waals surface area contributed by atoms with Crippen LogP contribution >= 0.6 is 0 Å². The molecule has 0 aliphatic heterocycles. The summed E-state index contributed by atoms with van der Waals surface area (Å²) in [5.41, 5.74) is 2.38. The maximum atomic E-state index is 5.44. The number of aryl methyl sites for hydroxylation is 1. The van der Waals surface area contributed by atoms with Crippen LogP contribution in [0.2, 0.25) is 0 Å². The standard InChI is InChI=1S/C11H17NO/c1-5-13-11-10(8(2)3)6-9(4)7-12-11/h6-8H,5H2,1-4H3. The van der Waals surface area contributed by atoms with E-state index in [0.717, 1.165) is 5.88 Å². The number of hydrogen-bond donors (Lipinski definition) is 0. The Morgan fingerprint density at radius 1 is 1.46 bits per heavy atom. The summed E-state index contributed by atoms with van der Waals surface area (Å²) in [6.07, 6.45) is 1.84. The van der Waals surface area contributed by atoms with Crippen LogP contribution in [0, 0.1) is 6.92 Å². The number of ether oxygens (including phenoxy) is 1. The first-order chi connectivity index (χ1) is 6.15. The molecule has 0 N–H and O–H groups in total. The van der Waals surface area contributed by atoms with Crippen LogP contribution in [-0.4, -0.2) is 11.6 Å². The van der Waals surface area contributed by atoms with Crippen LogP contribution < -0.4 is 4.74 Å². The van der Waals surface area contributed by atoms with Crippen molar-refractivity contribution in [1.82, 2.24) is 4.98 Å². The van der Waals surface area contributed by atoms with Crippen molar-refractivity contribution in [2.45, 2.75) is 33.6 Å². The maximum absolute atomic E-state index is 5.44. The van der Waals surface area contributed by atoms with Crippen molar-refractivity contribution < 1.29 is 4.74 Å². The topological polar surface area (TPSA) is 22.1 Å². The summed E-state index contributed by atoms with van der Waals surface area (Å²) in [6, 6.07) is 2.14. The quantitative estimate of drug-likeness (QED) is 0.711. The molecule has 0 unspecified atom stereocenters. The van der Waals surface area contributed by atoms with E-state index in [4.69, 9.17) is 4.74 Å². The molecule has 0 fully saturated rings. The molecule has 13 heavy (non-hydrogen) atoms. The van der Waals surface area contributed by atoms with E-state index in [1.807, 2.05) is 13.1 Å². The lowest BCUT2D eigenvalue weighted by Crippen LogP contribution is -2.01. The molecule has 0 bridgehead atoms. The third-order valence-corrected chi connectivity index (χ3v) is 1.92. The average Bonchev–Trinajstić information content (AvgIpc) is 2.08. The lowest BCUT2D eigenvalue weighted by molar-refractivity contribution is 0.321. The van der Waals surface area contributed by atoms with Crippen LogP contribution in [0.3, 0.4) is 0 Å². The second kappa shape index (κ2) is 4.26. The smallest absolute Gasteiger partial charge is 0.216 e. The lowest BCUT2D eigenvalue weighted by Gasteiger charge is -2.12. The Labute approximate surface area is 80.0 Å². The molecule has 1 aromatic rings. The third-order valence-electron chi connectivity index (χ3n) is 1.92. The van der Waals surface area contributed by atoms with Gasteiger partial charge in [0.2, 0.25) is 5.88 Å². The zero-order chi connectivity index (χ0) is 9.84. The molecular formula is C11H17NO. The summed E-state index contributed by atoms with van der Waals surface area (Å²) in [5, 5.41) is 0. The fraction of sp³-hybridized carbons (Fsp3) is 0.545. The summed E-state index contributed by atoms with van der Waals surface area (Å²) in [4.78, 5) is 4.27. The maximum Gasteiger partial charge on any atom is 0.216 e. The number of aromatic nitrogens is 1. The van der Waals surface area contributed by atoms with Crippen molar-refractivity contribution in [3.05, 3.63) is 23.4 Å². The molecule has 1 heterocycles. The average molecular weight is 179 g/mol. The fourth-order valence-electron chi connectivity index (χ4n) is 1.25. The summed E-state index contributed by atoms with van der Waals surface area (Å²) in [7, 11) is 0. The molecule has 0 saturated heterocycles. The number of hydrogen-bond acceptors (Lipinski definition) is 2. The van der Waals surface area contributed by atoms with Crippen LogP contribution in [-0.2, 0) is 0 Å². The van der Waals surface area contributed by atoms with Gasteiger partial charge in [-0.25, -0.2) is 4.98 Å². The number of rotatable bonds is 3. The van der Waals surface area contributed by atoms with E-state index in [1.165, 1.54) is 11.1 Å².